The van der Waals surface area contributed by atoms with E-state index < -0.39 is 0 Å². The molecule has 2 nitrogen and oxygen atoms in total. The van der Waals surface area contributed by atoms with Crippen LogP contribution in [0.3, 0.4) is 0 Å². The van der Waals surface area contributed by atoms with Crippen LogP contribution in [0.5, 0.6) is 0 Å². The van der Waals surface area contributed by atoms with E-state index in [0.717, 1.165) is 6.54 Å². The van der Waals surface area contributed by atoms with Crippen molar-refractivity contribution in [2.45, 2.75) is 78.4 Å². The highest BCUT2D eigenvalue weighted by Crippen LogP contribution is 2.31. The van der Waals surface area contributed by atoms with Crippen molar-refractivity contribution in [2.75, 3.05) is 6.54 Å². The van der Waals surface area contributed by atoms with Crippen molar-refractivity contribution in [2.24, 2.45) is 11.1 Å². The maximum Gasteiger partial charge on any atom is 0.0183 e. The van der Waals surface area contributed by atoms with Crippen LogP contribution < -0.4 is 5.73 Å². The number of nitrogens with two attached hydrogens (primary N) is 1. The second-order valence-corrected chi connectivity index (χ2v) is 7.57. The van der Waals surface area contributed by atoms with Crippen molar-refractivity contribution in [1.82, 2.24) is 4.90 Å². The molecule has 16 heavy (non-hydrogen) atoms. The lowest BCUT2D eigenvalue weighted by molar-refractivity contribution is 0.107. The van der Waals surface area contributed by atoms with Crippen molar-refractivity contribution in [3.05, 3.63) is 0 Å². The van der Waals surface area contributed by atoms with Gasteiger partial charge in [-0.3, -0.25) is 4.90 Å². The van der Waals surface area contributed by atoms with Gasteiger partial charge in [0, 0.05) is 24.2 Å². The van der Waals surface area contributed by atoms with Crippen LogP contribution in [-0.4, -0.2) is 29.1 Å². The summed E-state index contributed by atoms with van der Waals surface area (Å²) in [5.41, 5.74) is 6.81. The summed E-state index contributed by atoms with van der Waals surface area (Å²) >= 11 is 0. The summed E-state index contributed by atoms with van der Waals surface area (Å²) in [4.78, 5) is 2.60. The fraction of sp³-hybridized carbons (Fsp3) is 1.00. The molecule has 0 aromatic heterocycles. The van der Waals surface area contributed by atoms with E-state index in [-0.39, 0.29) is 5.54 Å². The molecule has 1 aliphatic rings. The third-order valence-electron chi connectivity index (χ3n) is 3.54. The third-order valence-corrected chi connectivity index (χ3v) is 3.54. The second-order valence-electron chi connectivity index (χ2n) is 7.57. The van der Waals surface area contributed by atoms with E-state index >= 15 is 0 Å². The van der Waals surface area contributed by atoms with E-state index in [9.17, 15) is 0 Å². The van der Waals surface area contributed by atoms with Crippen molar-refractivity contribution in [3.8, 4) is 0 Å². The Balaban J connectivity index is 2.57. The first-order valence-electron chi connectivity index (χ1n) is 6.62. The van der Waals surface area contributed by atoms with Crippen LogP contribution in [0.15, 0.2) is 0 Å². The molecule has 0 spiro atoms. The zero-order valence-electron chi connectivity index (χ0n) is 12.0. The second kappa shape index (κ2) is 4.66. The first-order chi connectivity index (χ1) is 7.09. The standard InChI is InChI=1S/C14H30N2/c1-13(2,3)8-7-12-9-11(15)10-16(12)14(4,5)6/h11-12H,7-10,15H2,1-6H3. The van der Waals surface area contributed by atoms with Crippen LogP contribution in [0, 0.1) is 5.41 Å². The topological polar surface area (TPSA) is 29.3 Å². The van der Waals surface area contributed by atoms with E-state index in [0.29, 0.717) is 17.5 Å². The quantitative estimate of drug-likeness (QED) is 0.784. The van der Waals surface area contributed by atoms with Gasteiger partial charge in [-0.2, -0.15) is 0 Å². The highest BCUT2D eigenvalue weighted by molar-refractivity contribution is 4.94. The van der Waals surface area contributed by atoms with E-state index in [1.165, 1.54) is 19.3 Å². The molecular formula is C14H30N2. The largest absolute Gasteiger partial charge is 0.326 e. The minimum Gasteiger partial charge on any atom is -0.326 e. The maximum absolute atomic E-state index is 6.11. The van der Waals surface area contributed by atoms with Gasteiger partial charge in [0.25, 0.3) is 0 Å². The SMILES string of the molecule is CC(C)(C)CCC1CC(N)CN1C(C)(C)C. The molecular weight excluding hydrogens is 196 g/mol. The normalized spacial score (nSPS) is 28.7. The van der Waals surface area contributed by atoms with Crippen LogP contribution in [0.4, 0.5) is 0 Å². The highest BCUT2D eigenvalue weighted by atomic mass is 15.2. The average Bonchev–Trinajstić information content (AvgIpc) is 2.41. The monoisotopic (exact) mass is 226 g/mol. The van der Waals surface area contributed by atoms with Crippen LogP contribution in [-0.2, 0) is 0 Å². The predicted molar refractivity (Wildman–Crippen MR) is 71.5 cm³/mol. The summed E-state index contributed by atoms with van der Waals surface area (Å²) in [5, 5.41) is 0. The smallest absolute Gasteiger partial charge is 0.0183 e. The summed E-state index contributed by atoms with van der Waals surface area (Å²) in [6.45, 7) is 14.9. The van der Waals surface area contributed by atoms with Gasteiger partial charge in [0.1, 0.15) is 0 Å². The fourth-order valence-corrected chi connectivity index (χ4v) is 2.65. The molecule has 2 atom stereocenters. The Morgan fingerprint density at radius 1 is 1.12 bits per heavy atom. The Morgan fingerprint density at radius 3 is 2.12 bits per heavy atom. The molecule has 0 radical (unpaired) electrons. The number of hydrogen-bond donors (Lipinski definition) is 1. The van der Waals surface area contributed by atoms with Gasteiger partial charge in [-0.25, -0.2) is 0 Å². The van der Waals surface area contributed by atoms with Crippen molar-refractivity contribution in [1.29, 1.82) is 0 Å². The molecule has 2 unspecified atom stereocenters. The first kappa shape index (κ1) is 14.0. The van der Waals surface area contributed by atoms with Crippen LogP contribution in [0.25, 0.3) is 0 Å². The van der Waals surface area contributed by atoms with Crippen LogP contribution in [0.1, 0.15) is 60.8 Å². The van der Waals surface area contributed by atoms with Gasteiger partial charge in [0.2, 0.25) is 0 Å². The summed E-state index contributed by atoms with van der Waals surface area (Å²) in [5.74, 6) is 0. The molecule has 0 aliphatic carbocycles. The zero-order chi connectivity index (χ0) is 12.6. The lowest BCUT2D eigenvalue weighted by Crippen LogP contribution is -2.45. The first-order valence-corrected chi connectivity index (χ1v) is 6.62. The molecule has 0 aromatic carbocycles. The van der Waals surface area contributed by atoms with Gasteiger partial charge in [-0.05, 0) is 45.4 Å². The summed E-state index contributed by atoms with van der Waals surface area (Å²) in [7, 11) is 0. The predicted octanol–water partition coefficient (Wildman–Crippen LogP) is 3.01. The lowest BCUT2D eigenvalue weighted by atomic mass is 9.87. The minimum atomic E-state index is 0.261. The van der Waals surface area contributed by atoms with E-state index in [1.54, 1.807) is 0 Å². The van der Waals surface area contributed by atoms with Gasteiger partial charge < -0.3 is 5.73 Å². The Morgan fingerprint density at radius 2 is 1.69 bits per heavy atom. The van der Waals surface area contributed by atoms with Crippen molar-refractivity contribution >= 4 is 0 Å². The van der Waals surface area contributed by atoms with E-state index in [2.05, 4.69) is 46.4 Å². The van der Waals surface area contributed by atoms with E-state index in [1.807, 2.05) is 0 Å². The Bertz CT molecular complexity index is 222. The van der Waals surface area contributed by atoms with Gasteiger partial charge in [-0.1, -0.05) is 20.8 Å². The molecule has 0 saturated carbocycles. The molecule has 0 aromatic rings. The summed E-state index contributed by atoms with van der Waals surface area (Å²) in [6.07, 6.45) is 3.75. The van der Waals surface area contributed by atoms with E-state index in [4.69, 9.17) is 5.73 Å². The maximum atomic E-state index is 6.11. The van der Waals surface area contributed by atoms with Crippen LogP contribution >= 0.6 is 0 Å². The molecule has 1 rings (SSSR count). The molecule has 1 heterocycles. The molecule has 2 N–H and O–H groups in total. The molecule has 96 valence electrons. The number of hydrogen-bond acceptors (Lipinski definition) is 2. The molecule has 1 saturated heterocycles. The molecule has 2 heteroatoms. The van der Waals surface area contributed by atoms with Gasteiger partial charge in [-0.15, -0.1) is 0 Å². The van der Waals surface area contributed by atoms with Gasteiger partial charge in [0.05, 0.1) is 0 Å². The number of likely N-dealkylation sites (tertiary alicyclic amines) is 1. The fourth-order valence-electron chi connectivity index (χ4n) is 2.65. The minimum absolute atomic E-state index is 0.261. The third kappa shape index (κ3) is 4.06. The highest BCUT2D eigenvalue weighted by Gasteiger charge is 2.36. The molecule has 1 aliphatic heterocycles. The Kier molecular flexibility index (Phi) is 4.07. The molecule has 0 bridgehead atoms. The zero-order valence-corrected chi connectivity index (χ0v) is 12.0. The average molecular weight is 226 g/mol. The number of rotatable bonds is 2. The molecule has 0 amide bonds. The van der Waals surface area contributed by atoms with Gasteiger partial charge in [0.15, 0.2) is 0 Å². The number of nitrogens with zero attached hydrogens (tertiary/aromatic N) is 1. The van der Waals surface area contributed by atoms with Gasteiger partial charge >= 0.3 is 0 Å². The van der Waals surface area contributed by atoms with Crippen LogP contribution in [0.2, 0.25) is 0 Å². The lowest BCUT2D eigenvalue weighted by Gasteiger charge is -2.38. The van der Waals surface area contributed by atoms with Crippen molar-refractivity contribution < 1.29 is 0 Å². The Labute approximate surface area is 102 Å². The summed E-state index contributed by atoms with van der Waals surface area (Å²) in [6, 6.07) is 1.07. The Hall–Kier alpha value is -0.0800. The molecule has 1 fully saturated rings. The van der Waals surface area contributed by atoms with Crippen molar-refractivity contribution in [3.63, 3.8) is 0 Å². The summed E-state index contributed by atoms with van der Waals surface area (Å²) < 4.78 is 0.